The van der Waals surface area contributed by atoms with Crippen LogP contribution in [0.25, 0.3) is 0 Å². The number of nitriles is 1. The van der Waals surface area contributed by atoms with E-state index in [9.17, 15) is 0 Å². The fraction of sp³-hybridized carbons (Fsp3) is 0.857. The van der Waals surface area contributed by atoms with Gasteiger partial charge in [-0.2, -0.15) is 5.26 Å². The van der Waals surface area contributed by atoms with E-state index in [1.54, 1.807) is 0 Å². The lowest BCUT2D eigenvalue weighted by Crippen LogP contribution is -1.94. The third-order valence-electron chi connectivity index (χ3n) is 1.88. The average molecular weight is 188 g/mol. The van der Waals surface area contributed by atoms with Gasteiger partial charge in [-0.25, -0.2) is 0 Å². The highest BCUT2D eigenvalue weighted by molar-refractivity contribution is 9.09. The maximum Gasteiger partial charge on any atom is 0.0689 e. The van der Waals surface area contributed by atoms with E-state index in [-0.39, 0.29) is 5.41 Å². The summed E-state index contributed by atoms with van der Waals surface area (Å²) in [6.45, 7) is 0. The molecule has 1 aliphatic carbocycles. The second-order valence-corrected chi connectivity index (χ2v) is 3.48. The average Bonchev–Trinajstić information content (AvgIpc) is 2.65. The van der Waals surface area contributed by atoms with Gasteiger partial charge in [0.25, 0.3) is 0 Å². The number of hydrogen-bond donors (Lipinski definition) is 0. The third-order valence-corrected chi connectivity index (χ3v) is 2.44. The second kappa shape index (κ2) is 2.70. The van der Waals surface area contributed by atoms with Crippen LogP contribution in [0.2, 0.25) is 0 Å². The van der Waals surface area contributed by atoms with Gasteiger partial charge in [-0.05, 0) is 25.7 Å². The minimum atomic E-state index is 0.119. The van der Waals surface area contributed by atoms with E-state index >= 15 is 0 Å². The van der Waals surface area contributed by atoms with Crippen LogP contribution in [0.4, 0.5) is 0 Å². The van der Waals surface area contributed by atoms with Crippen LogP contribution in [0.15, 0.2) is 0 Å². The van der Waals surface area contributed by atoms with E-state index in [0.717, 1.165) is 31.0 Å². The summed E-state index contributed by atoms with van der Waals surface area (Å²) < 4.78 is 0. The summed E-state index contributed by atoms with van der Waals surface area (Å²) in [5.41, 5.74) is 0.119. The molecule has 0 aromatic heterocycles. The Morgan fingerprint density at radius 3 is 2.56 bits per heavy atom. The van der Waals surface area contributed by atoms with Gasteiger partial charge >= 0.3 is 0 Å². The van der Waals surface area contributed by atoms with Crippen molar-refractivity contribution in [2.45, 2.75) is 25.7 Å². The van der Waals surface area contributed by atoms with Gasteiger partial charge in [0.2, 0.25) is 0 Å². The molecule has 0 radical (unpaired) electrons. The smallest absolute Gasteiger partial charge is 0.0689 e. The van der Waals surface area contributed by atoms with Gasteiger partial charge in [-0.3, -0.25) is 0 Å². The van der Waals surface area contributed by atoms with E-state index in [1.807, 2.05) is 0 Å². The van der Waals surface area contributed by atoms with E-state index < -0.39 is 0 Å². The molecular weight excluding hydrogens is 178 g/mol. The molecule has 50 valence electrons. The lowest BCUT2D eigenvalue weighted by Gasteiger charge is -2.00. The minimum absolute atomic E-state index is 0.119. The Kier molecular flexibility index (Phi) is 2.13. The third kappa shape index (κ3) is 1.69. The summed E-state index contributed by atoms with van der Waals surface area (Å²) in [6.07, 6.45) is 4.51. The van der Waals surface area contributed by atoms with E-state index in [1.165, 1.54) is 0 Å². The molecule has 1 nitrogen and oxygen atoms in total. The van der Waals surface area contributed by atoms with Crippen LogP contribution < -0.4 is 0 Å². The number of halogens is 1. The Balaban J connectivity index is 2.20. The fourth-order valence-corrected chi connectivity index (χ4v) is 1.25. The van der Waals surface area contributed by atoms with Crippen LogP contribution in [-0.2, 0) is 0 Å². The first-order valence-corrected chi connectivity index (χ1v) is 4.42. The quantitative estimate of drug-likeness (QED) is 0.624. The van der Waals surface area contributed by atoms with Crippen molar-refractivity contribution in [2.24, 2.45) is 5.41 Å². The molecule has 1 saturated carbocycles. The Labute approximate surface area is 64.2 Å². The van der Waals surface area contributed by atoms with Crippen molar-refractivity contribution in [3.63, 3.8) is 0 Å². The summed E-state index contributed by atoms with van der Waals surface area (Å²) in [5.74, 6) is 0. The molecule has 1 fully saturated rings. The number of hydrogen-bond acceptors (Lipinski definition) is 1. The standard InChI is InChI=1S/C7H10BrN/c8-5-1-2-7(6-9)3-4-7/h1-5H2. The largest absolute Gasteiger partial charge is 0.198 e. The Bertz CT molecular complexity index is 132. The Hall–Kier alpha value is -0.0300. The summed E-state index contributed by atoms with van der Waals surface area (Å²) in [4.78, 5) is 0. The highest BCUT2D eigenvalue weighted by Crippen LogP contribution is 2.48. The molecule has 1 aliphatic rings. The van der Waals surface area contributed by atoms with Crippen molar-refractivity contribution in [3.8, 4) is 6.07 Å². The molecule has 9 heavy (non-hydrogen) atoms. The summed E-state index contributed by atoms with van der Waals surface area (Å²) in [7, 11) is 0. The predicted molar refractivity (Wildman–Crippen MR) is 40.3 cm³/mol. The zero-order valence-electron chi connectivity index (χ0n) is 5.36. The monoisotopic (exact) mass is 187 g/mol. The number of alkyl halides is 1. The molecule has 0 spiro atoms. The van der Waals surface area contributed by atoms with Crippen molar-refractivity contribution < 1.29 is 0 Å². The van der Waals surface area contributed by atoms with Crippen molar-refractivity contribution >= 4 is 15.9 Å². The van der Waals surface area contributed by atoms with Crippen molar-refractivity contribution in [2.75, 3.05) is 5.33 Å². The highest BCUT2D eigenvalue weighted by atomic mass is 79.9. The zero-order chi connectivity index (χ0) is 6.74. The first-order valence-electron chi connectivity index (χ1n) is 3.30. The topological polar surface area (TPSA) is 23.8 Å². The van der Waals surface area contributed by atoms with Crippen LogP contribution in [0.5, 0.6) is 0 Å². The van der Waals surface area contributed by atoms with Crippen LogP contribution in [0.1, 0.15) is 25.7 Å². The molecule has 0 aromatic carbocycles. The molecule has 2 heteroatoms. The lowest BCUT2D eigenvalue weighted by molar-refractivity contribution is 0.590. The first-order chi connectivity index (χ1) is 4.33. The molecule has 0 saturated heterocycles. The van der Waals surface area contributed by atoms with Crippen molar-refractivity contribution in [1.82, 2.24) is 0 Å². The van der Waals surface area contributed by atoms with Crippen molar-refractivity contribution in [1.29, 1.82) is 5.26 Å². The molecular formula is C7H10BrN. The molecule has 0 amide bonds. The SMILES string of the molecule is N#CC1(CCCBr)CC1. The molecule has 0 unspecified atom stereocenters. The molecule has 1 rings (SSSR count). The summed E-state index contributed by atoms with van der Waals surface area (Å²) in [5, 5.41) is 9.66. The predicted octanol–water partition coefficient (Wildman–Crippen LogP) is 2.47. The van der Waals surface area contributed by atoms with Gasteiger partial charge < -0.3 is 0 Å². The lowest BCUT2D eigenvalue weighted by atomic mass is 10.0. The normalized spacial score (nSPS) is 20.9. The van der Waals surface area contributed by atoms with Crippen molar-refractivity contribution in [3.05, 3.63) is 0 Å². The molecule has 0 atom stereocenters. The van der Waals surface area contributed by atoms with Gasteiger partial charge in [0.1, 0.15) is 0 Å². The van der Waals surface area contributed by atoms with E-state index in [0.29, 0.717) is 0 Å². The van der Waals surface area contributed by atoms with E-state index in [4.69, 9.17) is 5.26 Å². The molecule has 0 heterocycles. The van der Waals surface area contributed by atoms with Gasteiger partial charge in [0.05, 0.1) is 11.5 Å². The van der Waals surface area contributed by atoms with Crippen LogP contribution in [0, 0.1) is 16.7 Å². The molecule has 0 bridgehead atoms. The molecule has 0 aliphatic heterocycles. The van der Waals surface area contributed by atoms with Gasteiger partial charge in [0, 0.05) is 5.33 Å². The van der Waals surface area contributed by atoms with Crippen LogP contribution in [-0.4, -0.2) is 5.33 Å². The van der Waals surface area contributed by atoms with E-state index in [2.05, 4.69) is 22.0 Å². The zero-order valence-corrected chi connectivity index (χ0v) is 6.95. The van der Waals surface area contributed by atoms with Gasteiger partial charge in [0.15, 0.2) is 0 Å². The highest BCUT2D eigenvalue weighted by Gasteiger charge is 2.41. The number of nitrogens with zero attached hydrogens (tertiary/aromatic N) is 1. The summed E-state index contributed by atoms with van der Waals surface area (Å²) in [6, 6.07) is 2.37. The first kappa shape index (κ1) is 7.08. The van der Waals surface area contributed by atoms with Gasteiger partial charge in [-0.1, -0.05) is 15.9 Å². The number of rotatable bonds is 3. The maximum absolute atomic E-state index is 8.62. The van der Waals surface area contributed by atoms with Crippen LogP contribution in [0.3, 0.4) is 0 Å². The minimum Gasteiger partial charge on any atom is -0.198 e. The van der Waals surface area contributed by atoms with Gasteiger partial charge in [-0.15, -0.1) is 0 Å². The summed E-state index contributed by atoms with van der Waals surface area (Å²) >= 11 is 3.35. The maximum atomic E-state index is 8.62. The Morgan fingerprint density at radius 2 is 2.22 bits per heavy atom. The second-order valence-electron chi connectivity index (χ2n) is 2.68. The molecule has 0 N–H and O–H groups in total. The molecule has 0 aromatic rings. The van der Waals surface area contributed by atoms with Crippen LogP contribution >= 0.6 is 15.9 Å². The fourth-order valence-electron chi connectivity index (χ4n) is 0.974. The Morgan fingerprint density at radius 1 is 1.56 bits per heavy atom.